The van der Waals surface area contributed by atoms with Gasteiger partial charge in [0.15, 0.2) is 11.6 Å². The van der Waals surface area contributed by atoms with Gasteiger partial charge in [-0.15, -0.1) is 0 Å². The average Bonchev–Trinajstić information content (AvgIpc) is 2.35. The van der Waals surface area contributed by atoms with Gasteiger partial charge in [0.05, 0.1) is 13.2 Å². The van der Waals surface area contributed by atoms with E-state index in [2.05, 4.69) is 4.74 Å². The Morgan fingerprint density at radius 3 is 2.55 bits per heavy atom. The minimum atomic E-state index is -4.33. The second-order valence-electron chi connectivity index (χ2n) is 4.14. The second kappa shape index (κ2) is 8.06. The van der Waals surface area contributed by atoms with Gasteiger partial charge in [-0.1, -0.05) is 12.1 Å². The number of halogens is 4. The Morgan fingerprint density at radius 1 is 1.15 bits per heavy atom. The Hall–Kier alpha value is -1.34. The van der Waals surface area contributed by atoms with E-state index < -0.39 is 18.6 Å². The van der Waals surface area contributed by atoms with Gasteiger partial charge in [-0.2, -0.15) is 13.2 Å². The minimum absolute atomic E-state index is 0.0797. The summed E-state index contributed by atoms with van der Waals surface area (Å²) in [7, 11) is 0. The van der Waals surface area contributed by atoms with Crippen molar-refractivity contribution < 1.29 is 27.0 Å². The Labute approximate surface area is 114 Å². The van der Waals surface area contributed by atoms with Crippen molar-refractivity contribution in [3.05, 3.63) is 29.6 Å². The zero-order valence-electron chi connectivity index (χ0n) is 10.9. The van der Waals surface area contributed by atoms with Crippen molar-refractivity contribution >= 4 is 0 Å². The summed E-state index contributed by atoms with van der Waals surface area (Å²) in [5.41, 5.74) is 6.05. The molecule has 1 rings (SSSR count). The van der Waals surface area contributed by atoms with Crippen molar-refractivity contribution in [2.45, 2.75) is 19.0 Å². The largest absolute Gasteiger partial charge is 0.490 e. The van der Waals surface area contributed by atoms with E-state index in [1.807, 2.05) is 0 Å². The summed E-state index contributed by atoms with van der Waals surface area (Å²) in [5, 5.41) is 0. The predicted octanol–water partition coefficient (Wildman–Crippen LogP) is 2.67. The maximum atomic E-state index is 13.6. The number of alkyl halides is 3. The summed E-state index contributed by atoms with van der Waals surface area (Å²) in [4.78, 5) is 0. The van der Waals surface area contributed by atoms with Crippen molar-refractivity contribution in [3.8, 4) is 5.75 Å². The predicted molar refractivity (Wildman–Crippen MR) is 66.1 cm³/mol. The van der Waals surface area contributed by atoms with Crippen LogP contribution in [0.5, 0.6) is 5.75 Å². The number of ether oxygens (including phenoxy) is 2. The molecule has 0 atom stereocenters. The van der Waals surface area contributed by atoms with Gasteiger partial charge < -0.3 is 15.2 Å². The first kappa shape index (κ1) is 16.7. The lowest BCUT2D eigenvalue weighted by Crippen LogP contribution is -2.18. The molecule has 0 bridgehead atoms. The van der Waals surface area contributed by atoms with Gasteiger partial charge in [0.2, 0.25) is 0 Å². The van der Waals surface area contributed by atoms with Crippen molar-refractivity contribution in [3.63, 3.8) is 0 Å². The molecule has 3 nitrogen and oxygen atoms in total. The van der Waals surface area contributed by atoms with Gasteiger partial charge >= 0.3 is 6.18 Å². The molecule has 114 valence electrons. The zero-order valence-corrected chi connectivity index (χ0v) is 10.9. The minimum Gasteiger partial charge on any atom is -0.490 e. The van der Waals surface area contributed by atoms with Crippen LogP contribution in [0.2, 0.25) is 0 Å². The van der Waals surface area contributed by atoms with Gasteiger partial charge in [-0.25, -0.2) is 4.39 Å². The average molecular weight is 295 g/mol. The van der Waals surface area contributed by atoms with Crippen LogP contribution in [0.15, 0.2) is 18.2 Å². The highest BCUT2D eigenvalue weighted by Gasteiger charge is 2.27. The van der Waals surface area contributed by atoms with Crippen LogP contribution in [-0.2, 0) is 11.2 Å². The molecule has 1 aromatic rings. The third kappa shape index (κ3) is 6.21. The number of hydrogen-bond acceptors (Lipinski definition) is 3. The smallest absolute Gasteiger partial charge is 0.411 e. The van der Waals surface area contributed by atoms with E-state index in [4.69, 9.17) is 10.5 Å². The molecule has 2 N–H and O–H groups in total. The number of nitrogens with two attached hydrogens (primary N) is 1. The monoisotopic (exact) mass is 295 g/mol. The van der Waals surface area contributed by atoms with Crippen LogP contribution in [0.1, 0.15) is 12.0 Å². The van der Waals surface area contributed by atoms with E-state index in [0.29, 0.717) is 18.5 Å². The van der Waals surface area contributed by atoms with E-state index in [0.717, 1.165) is 0 Å². The SMILES string of the molecule is NCCc1cccc(F)c1OCCCOCC(F)(F)F. The third-order valence-corrected chi connectivity index (χ3v) is 2.41. The van der Waals surface area contributed by atoms with Crippen molar-refractivity contribution in [1.29, 1.82) is 0 Å². The maximum absolute atomic E-state index is 13.6. The summed E-state index contributed by atoms with van der Waals surface area (Å²) in [6.07, 6.45) is -3.62. The Morgan fingerprint density at radius 2 is 1.90 bits per heavy atom. The molecule has 0 radical (unpaired) electrons. The van der Waals surface area contributed by atoms with Crippen LogP contribution in [0.4, 0.5) is 17.6 Å². The molecule has 0 aliphatic carbocycles. The molecule has 0 spiro atoms. The van der Waals surface area contributed by atoms with E-state index in [1.165, 1.54) is 6.07 Å². The molecule has 7 heteroatoms. The lowest BCUT2D eigenvalue weighted by atomic mass is 10.1. The molecule has 0 unspecified atom stereocenters. The van der Waals surface area contributed by atoms with Gasteiger partial charge in [0, 0.05) is 6.42 Å². The van der Waals surface area contributed by atoms with E-state index in [1.54, 1.807) is 12.1 Å². The quantitative estimate of drug-likeness (QED) is 0.592. The number of benzene rings is 1. The summed E-state index contributed by atoms with van der Waals surface area (Å²) in [6.45, 7) is -0.948. The maximum Gasteiger partial charge on any atom is 0.411 e. The number of para-hydroxylation sites is 1. The Balaban J connectivity index is 2.35. The molecule has 0 saturated heterocycles. The standard InChI is InChI=1S/C13H17F4NO2/c14-11-4-1-3-10(5-6-18)12(11)20-8-2-7-19-9-13(15,16)17/h1,3-4H,2,5-9,18H2. The van der Waals surface area contributed by atoms with Crippen LogP contribution in [0.25, 0.3) is 0 Å². The first-order chi connectivity index (χ1) is 9.44. The third-order valence-electron chi connectivity index (χ3n) is 2.41. The fourth-order valence-electron chi connectivity index (χ4n) is 1.59. The highest BCUT2D eigenvalue weighted by atomic mass is 19.4. The summed E-state index contributed by atoms with van der Waals surface area (Å²) >= 11 is 0. The molecular weight excluding hydrogens is 278 g/mol. The Bertz CT molecular complexity index is 410. The highest BCUT2D eigenvalue weighted by Crippen LogP contribution is 2.23. The molecule has 0 fully saturated rings. The summed E-state index contributed by atoms with van der Waals surface area (Å²) in [5.74, 6) is -0.402. The van der Waals surface area contributed by atoms with Crippen LogP contribution < -0.4 is 10.5 Å². The molecule has 0 heterocycles. The van der Waals surface area contributed by atoms with Crippen molar-refractivity contribution in [2.24, 2.45) is 5.73 Å². The lowest BCUT2D eigenvalue weighted by molar-refractivity contribution is -0.174. The molecule has 0 saturated carbocycles. The van der Waals surface area contributed by atoms with Gasteiger partial charge in [-0.3, -0.25) is 0 Å². The van der Waals surface area contributed by atoms with E-state index in [-0.39, 0.29) is 25.4 Å². The normalized spacial score (nSPS) is 11.7. The van der Waals surface area contributed by atoms with Crippen LogP contribution >= 0.6 is 0 Å². The van der Waals surface area contributed by atoms with Crippen LogP contribution in [-0.4, -0.2) is 32.5 Å². The van der Waals surface area contributed by atoms with Crippen molar-refractivity contribution in [2.75, 3.05) is 26.4 Å². The van der Waals surface area contributed by atoms with Crippen molar-refractivity contribution in [1.82, 2.24) is 0 Å². The van der Waals surface area contributed by atoms with Crippen LogP contribution in [0.3, 0.4) is 0 Å². The van der Waals surface area contributed by atoms with Gasteiger partial charge in [0.25, 0.3) is 0 Å². The number of rotatable bonds is 8. The molecule has 0 aliphatic rings. The van der Waals surface area contributed by atoms with Gasteiger partial charge in [-0.05, 0) is 24.6 Å². The first-order valence-corrected chi connectivity index (χ1v) is 6.19. The molecule has 0 aliphatic heterocycles. The van der Waals surface area contributed by atoms with E-state index in [9.17, 15) is 17.6 Å². The second-order valence-corrected chi connectivity index (χ2v) is 4.14. The highest BCUT2D eigenvalue weighted by molar-refractivity contribution is 5.35. The molecule has 1 aromatic carbocycles. The van der Waals surface area contributed by atoms with Crippen LogP contribution in [0, 0.1) is 5.82 Å². The molecule has 0 aromatic heterocycles. The van der Waals surface area contributed by atoms with Gasteiger partial charge in [0.1, 0.15) is 6.61 Å². The Kier molecular flexibility index (Phi) is 6.74. The zero-order chi connectivity index (χ0) is 15.0. The first-order valence-electron chi connectivity index (χ1n) is 6.19. The lowest BCUT2D eigenvalue weighted by Gasteiger charge is -2.12. The molecule has 20 heavy (non-hydrogen) atoms. The molecule has 0 amide bonds. The van der Waals surface area contributed by atoms with E-state index >= 15 is 0 Å². The summed E-state index contributed by atoms with van der Waals surface area (Å²) in [6, 6.07) is 4.51. The fraction of sp³-hybridized carbons (Fsp3) is 0.538. The number of hydrogen-bond donors (Lipinski definition) is 1. The summed E-state index contributed by atoms with van der Waals surface area (Å²) < 4.78 is 58.7. The molecular formula is C13H17F4NO2. The topological polar surface area (TPSA) is 44.5 Å². The fourth-order valence-corrected chi connectivity index (χ4v) is 1.59.